The summed E-state index contributed by atoms with van der Waals surface area (Å²) in [6.45, 7) is 0. The lowest BCUT2D eigenvalue weighted by Gasteiger charge is -2.28. The Balaban J connectivity index is 1.56. The summed E-state index contributed by atoms with van der Waals surface area (Å²) in [5.41, 5.74) is 2.16. The second-order valence-electron chi connectivity index (χ2n) is 5.95. The summed E-state index contributed by atoms with van der Waals surface area (Å²) in [4.78, 5) is 16.5. The fourth-order valence-electron chi connectivity index (χ4n) is 3.21. The number of benzene rings is 1. The van der Waals surface area contributed by atoms with Gasteiger partial charge in [0.15, 0.2) is 0 Å². The van der Waals surface area contributed by atoms with Crippen LogP contribution in [-0.4, -0.2) is 10.9 Å². The van der Waals surface area contributed by atoms with Crippen molar-refractivity contribution >= 4 is 23.5 Å². The van der Waals surface area contributed by atoms with Crippen LogP contribution >= 0.6 is 11.9 Å². The lowest BCUT2D eigenvalue weighted by atomic mass is 9.78. The number of pyridine rings is 1. The molecule has 1 aliphatic rings. The zero-order valence-electron chi connectivity index (χ0n) is 12.9. The summed E-state index contributed by atoms with van der Waals surface area (Å²) < 4.78 is 0. The molecule has 23 heavy (non-hydrogen) atoms. The molecule has 1 aliphatic carbocycles. The highest BCUT2D eigenvalue weighted by Gasteiger charge is 2.27. The third-order valence-electron chi connectivity index (χ3n) is 4.49. The van der Waals surface area contributed by atoms with Crippen molar-refractivity contribution in [2.24, 2.45) is 11.1 Å². The maximum absolute atomic E-state index is 12.4. The summed E-state index contributed by atoms with van der Waals surface area (Å²) in [5, 5.41) is 9.20. The quantitative estimate of drug-likeness (QED) is 0.834. The first kappa shape index (κ1) is 16.0. The van der Waals surface area contributed by atoms with Crippen LogP contribution in [0, 0.1) is 5.92 Å². The maximum atomic E-state index is 12.4. The molecule has 0 saturated heterocycles. The van der Waals surface area contributed by atoms with E-state index in [2.05, 4.69) is 34.6 Å². The molecule has 0 atom stereocenters. The number of hydrogen-bond acceptors (Lipinski definition) is 4. The van der Waals surface area contributed by atoms with Crippen molar-refractivity contribution in [1.29, 1.82) is 0 Å². The molecule has 2 aromatic rings. The molecule has 1 saturated carbocycles. The Kier molecular flexibility index (Phi) is 5.31. The van der Waals surface area contributed by atoms with Gasteiger partial charge in [0.1, 0.15) is 5.03 Å². The van der Waals surface area contributed by atoms with Gasteiger partial charge < -0.3 is 5.32 Å². The van der Waals surface area contributed by atoms with Crippen LogP contribution < -0.4 is 10.5 Å². The van der Waals surface area contributed by atoms with Crippen molar-refractivity contribution < 1.29 is 4.79 Å². The third kappa shape index (κ3) is 4.12. The smallest absolute Gasteiger partial charge is 0.227 e. The van der Waals surface area contributed by atoms with E-state index >= 15 is 0 Å². The van der Waals surface area contributed by atoms with Crippen LogP contribution in [0.1, 0.15) is 37.2 Å². The summed E-state index contributed by atoms with van der Waals surface area (Å²) >= 11 is 1.08. The summed E-state index contributed by atoms with van der Waals surface area (Å²) in [6.07, 6.45) is 5.69. The van der Waals surface area contributed by atoms with Gasteiger partial charge in [0.2, 0.25) is 5.91 Å². The summed E-state index contributed by atoms with van der Waals surface area (Å²) in [6, 6.07) is 14.2. The minimum atomic E-state index is 0.0945. The molecule has 0 spiro atoms. The summed E-state index contributed by atoms with van der Waals surface area (Å²) in [5.74, 6) is 0.786. The molecule has 4 nitrogen and oxygen atoms in total. The lowest BCUT2D eigenvalue weighted by molar-refractivity contribution is -0.120. The molecule has 0 radical (unpaired) electrons. The van der Waals surface area contributed by atoms with Crippen LogP contribution in [0.5, 0.6) is 0 Å². The molecule has 120 valence electrons. The van der Waals surface area contributed by atoms with Crippen molar-refractivity contribution in [2.75, 3.05) is 5.32 Å². The first-order chi connectivity index (χ1) is 11.3. The molecule has 1 aromatic heterocycles. The van der Waals surface area contributed by atoms with E-state index in [1.807, 2.05) is 6.07 Å². The number of aromatic nitrogens is 1. The number of anilines is 1. The van der Waals surface area contributed by atoms with E-state index in [0.717, 1.165) is 43.3 Å². The van der Waals surface area contributed by atoms with Crippen LogP contribution in [0.2, 0.25) is 0 Å². The number of rotatable bonds is 4. The Bertz CT molecular complexity index is 654. The van der Waals surface area contributed by atoms with Gasteiger partial charge in [-0.3, -0.25) is 9.93 Å². The first-order valence-electron chi connectivity index (χ1n) is 7.95. The standard InChI is InChI=1S/C18H21N3OS/c19-23-17-12-16(10-11-20-17)21-18(22)15-8-6-14(7-9-15)13-4-2-1-3-5-13/h1-5,10-12,14-15H,6-9,19H2,(H,20,21,22). The largest absolute Gasteiger partial charge is 0.326 e. The van der Waals surface area contributed by atoms with Crippen molar-refractivity contribution in [2.45, 2.75) is 36.6 Å². The molecule has 3 rings (SSSR count). The van der Waals surface area contributed by atoms with Gasteiger partial charge in [-0.1, -0.05) is 30.3 Å². The highest BCUT2D eigenvalue weighted by Crippen LogP contribution is 2.36. The van der Waals surface area contributed by atoms with Crippen molar-refractivity contribution in [3.05, 3.63) is 54.2 Å². The molecule has 1 amide bonds. The van der Waals surface area contributed by atoms with E-state index in [9.17, 15) is 4.79 Å². The molecular weight excluding hydrogens is 306 g/mol. The highest BCUT2D eigenvalue weighted by atomic mass is 32.2. The van der Waals surface area contributed by atoms with E-state index in [1.54, 1.807) is 18.3 Å². The van der Waals surface area contributed by atoms with Crippen LogP contribution in [0.25, 0.3) is 0 Å². The Hall–Kier alpha value is -1.85. The Morgan fingerprint density at radius 3 is 2.57 bits per heavy atom. The van der Waals surface area contributed by atoms with E-state index in [0.29, 0.717) is 10.9 Å². The number of amides is 1. The van der Waals surface area contributed by atoms with Crippen molar-refractivity contribution in [3.8, 4) is 0 Å². The lowest BCUT2D eigenvalue weighted by Crippen LogP contribution is -2.26. The van der Waals surface area contributed by atoms with Crippen molar-refractivity contribution in [1.82, 2.24) is 4.98 Å². The molecule has 3 N–H and O–H groups in total. The summed E-state index contributed by atoms with van der Waals surface area (Å²) in [7, 11) is 0. The van der Waals surface area contributed by atoms with Gasteiger partial charge in [-0.15, -0.1) is 0 Å². The molecular formula is C18H21N3OS. The van der Waals surface area contributed by atoms with Crippen LogP contribution in [0.3, 0.4) is 0 Å². The van der Waals surface area contributed by atoms with Crippen LogP contribution in [-0.2, 0) is 4.79 Å². The predicted molar refractivity (Wildman–Crippen MR) is 94.1 cm³/mol. The number of carbonyl (C=O) groups is 1. The molecule has 0 unspecified atom stereocenters. The number of nitrogens with two attached hydrogens (primary N) is 1. The third-order valence-corrected chi connectivity index (χ3v) is 4.96. The van der Waals surface area contributed by atoms with E-state index in [-0.39, 0.29) is 11.8 Å². The molecule has 0 aliphatic heterocycles. The van der Waals surface area contributed by atoms with Crippen molar-refractivity contribution in [3.63, 3.8) is 0 Å². The van der Waals surface area contributed by atoms with E-state index in [1.165, 1.54) is 5.56 Å². The topological polar surface area (TPSA) is 68.0 Å². The average molecular weight is 327 g/mol. The van der Waals surface area contributed by atoms with Gasteiger partial charge in [0.05, 0.1) is 0 Å². The van der Waals surface area contributed by atoms with Gasteiger partial charge in [-0.05, 0) is 61.2 Å². The zero-order valence-corrected chi connectivity index (χ0v) is 13.8. The molecule has 1 aromatic carbocycles. The number of carbonyl (C=O) groups excluding carboxylic acids is 1. The van der Waals surface area contributed by atoms with Gasteiger partial charge in [0, 0.05) is 17.8 Å². The van der Waals surface area contributed by atoms with Crippen LogP contribution in [0.4, 0.5) is 5.69 Å². The first-order valence-corrected chi connectivity index (χ1v) is 8.83. The SMILES string of the molecule is NSc1cc(NC(=O)C2CCC(c3ccccc3)CC2)ccn1. The normalized spacial score (nSPS) is 20.9. The molecule has 1 heterocycles. The number of hydrogen-bond donors (Lipinski definition) is 2. The fraction of sp³-hybridized carbons (Fsp3) is 0.333. The second-order valence-corrected chi connectivity index (χ2v) is 6.60. The average Bonchev–Trinajstić information content (AvgIpc) is 2.63. The molecule has 1 fully saturated rings. The monoisotopic (exact) mass is 327 g/mol. The number of nitrogens with one attached hydrogen (secondary N) is 1. The van der Waals surface area contributed by atoms with Gasteiger partial charge in [-0.25, -0.2) is 4.98 Å². The molecule has 0 bridgehead atoms. The van der Waals surface area contributed by atoms with Gasteiger partial charge >= 0.3 is 0 Å². The van der Waals surface area contributed by atoms with Gasteiger partial charge in [0.25, 0.3) is 0 Å². The Morgan fingerprint density at radius 2 is 1.87 bits per heavy atom. The zero-order chi connectivity index (χ0) is 16.1. The molecule has 5 heteroatoms. The second kappa shape index (κ2) is 7.62. The number of nitrogens with zero attached hydrogens (tertiary/aromatic N) is 1. The van der Waals surface area contributed by atoms with E-state index < -0.39 is 0 Å². The minimum Gasteiger partial charge on any atom is -0.326 e. The Morgan fingerprint density at radius 1 is 1.13 bits per heavy atom. The predicted octanol–water partition coefficient (Wildman–Crippen LogP) is 3.96. The highest BCUT2D eigenvalue weighted by molar-refractivity contribution is 7.97. The van der Waals surface area contributed by atoms with Gasteiger partial charge in [-0.2, -0.15) is 0 Å². The Labute approximate surface area is 141 Å². The maximum Gasteiger partial charge on any atom is 0.227 e. The van der Waals surface area contributed by atoms with Crippen LogP contribution in [0.15, 0.2) is 53.7 Å². The van der Waals surface area contributed by atoms with E-state index in [4.69, 9.17) is 5.14 Å². The fourth-order valence-corrected chi connectivity index (χ4v) is 3.53. The minimum absolute atomic E-state index is 0.0945.